The molecule has 3 aromatic carbocycles. The number of imidazole rings is 1. The van der Waals surface area contributed by atoms with Crippen LogP contribution in [-0.2, 0) is 17.9 Å². The zero-order valence-electron chi connectivity index (χ0n) is 18.8. The van der Waals surface area contributed by atoms with Gasteiger partial charge in [-0.05, 0) is 74.0 Å². The number of piperidine rings is 1. The predicted octanol–water partition coefficient (Wildman–Crippen LogP) is 5.97. The minimum atomic E-state index is 0.0315. The Bertz CT molecular complexity index is 1300. The first-order chi connectivity index (χ1) is 16.6. The van der Waals surface area contributed by atoms with Crippen molar-refractivity contribution in [2.75, 3.05) is 13.1 Å². The second-order valence-corrected chi connectivity index (χ2v) is 10.0. The Morgan fingerprint density at radius 2 is 1.71 bits per heavy atom. The number of nitrogens with zero attached hydrogens (tertiary/aromatic N) is 3. The minimum absolute atomic E-state index is 0.0315. The number of likely N-dealkylation sites (tertiary alicyclic amines) is 1. The van der Waals surface area contributed by atoms with Crippen LogP contribution in [0.25, 0.3) is 16.7 Å². The molecule has 0 aliphatic carbocycles. The van der Waals surface area contributed by atoms with E-state index in [4.69, 9.17) is 16.6 Å². The van der Waals surface area contributed by atoms with E-state index in [0.717, 1.165) is 65.1 Å². The Morgan fingerprint density at radius 3 is 2.47 bits per heavy atom. The number of hydrogen-bond donors (Lipinski definition) is 1. The zero-order chi connectivity index (χ0) is 23.5. The monoisotopic (exact) mass is 536 g/mol. The number of carbonyl (C=O) groups excluding carboxylic acids is 1. The highest BCUT2D eigenvalue weighted by molar-refractivity contribution is 9.10. The maximum Gasteiger partial charge on any atom is 0.223 e. The van der Waals surface area contributed by atoms with Crippen molar-refractivity contribution in [2.24, 2.45) is 5.92 Å². The van der Waals surface area contributed by atoms with Gasteiger partial charge >= 0.3 is 0 Å². The van der Waals surface area contributed by atoms with Crippen LogP contribution in [0.4, 0.5) is 0 Å². The molecule has 1 amide bonds. The molecule has 0 unspecified atom stereocenters. The first-order valence-electron chi connectivity index (χ1n) is 11.5. The summed E-state index contributed by atoms with van der Waals surface area (Å²) in [6.07, 6.45) is 1.68. The molecule has 34 heavy (non-hydrogen) atoms. The lowest BCUT2D eigenvalue weighted by molar-refractivity contribution is -0.126. The average Bonchev–Trinajstić information content (AvgIpc) is 3.22. The Labute approximate surface area is 212 Å². The van der Waals surface area contributed by atoms with Crippen LogP contribution in [0.5, 0.6) is 0 Å². The number of rotatable bonds is 6. The van der Waals surface area contributed by atoms with Crippen molar-refractivity contribution in [3.63, 3.8) is 0 Å². The molecular weight excluding hydrogens is 512 g/mol. The highest BCUT2D eigenvalue weighted by Gasteiger charge is 2.26. The molecule has 1 saturated heterocycles. The minimum Gasteiger partial charge on any atom is -0.352 e. The normalized spacial score (nSPS) is 15.0. The third-order valence-corrected chi connectivity index (χ3v) is 7.35. The maximum absolute atomic E-state index is 12.7. The summed E-state index contributed by atoms with van der Waals surface area (Å²) in [5.41, 5.74) is 4.14. The highest BCUT2D eigenvalue weighted by atomic mass is 79.9. The van der Waals surface area contributed by atoms with E-state index in [1.165, 1.54) is 0 Å². The molecule has 174 valence electrons. The Balaban J connectivity index is 1.25. The summed E-state index contributed by atoms with van der Waals surface area (Å²) in [5, 5.41) is 3.75. The van der Waals surface area contributed by atoms with E-state index in [-0.39, 0.29) is 11.8 Å². The topological polar surface area (TPSA) is 50.2 Å². The quantitative estimate of drug-likeness (QED) is 0.330. The van der Waals surface area contributed by atoms with Gasteiger partial charge in [0, 0.05) is 27.6 Å². The molecule has 7 heteroatoms. The molecular formula is C27H26BrClN4O. The van der Waals surface area contributed by atoms with Crippen LogP contribution in [0.3, 0.4) is 0 Å². The molecule has 1 aliphatic heterocycles. The van der Waals surface area contributed by atoms with E-state index in [1.807, 2.05) is 30.3 Å². The lowest BCUT2D eigenvalue weighted by Crippen LogP contribution is -2.40. The first kappa shape index (κ1) is 23.1. The lowest BCUT2D eigenvalue weighted by Gasteiger charge is -2.31. The van der Waals surface area contributed by atoms with E-state index < -0.39 is 0 Å². The number of para-hydroxylation sites is 2. The van der Waals surface area contributed by atoms with Crippen molar-refractivity contribution in [3.05, 3.63) is 93.7 Å². The standard InChI is InChI=1S/C27H26BrClN4O/c28-21-9-11-22(12-10-21)33-25-8-4-3-7-24(25)31-26(33)18-32-15-13-19(14-16-32)27(34)30-17-20-5-1-2-6-23(20)29/h1-12,19H,13-18H2,(H,30,34). The van der Waals surface area contributed by atoms with E-state index in [2.05, 4.69) is 73.2 Å². The van der Waals surface area contributed by atoms with Crippen molar-refractivity contribution >= 4 is 44.5 Å². The van der Waals surface area contributed by atoms with Crippen molar-refractivity contribution in [1.82, 2.24) is 19.8 Å². The molecule has 4 aromatic rings. The lowest BCUT2D eigenvalue weighted by atomic mass is 9.96. The van der Waals surface area contributed by atoms with E-state index in [9.17, 15) is 4.79 Å². The second kappa shape index (κ2) is 10.3. The molecule has 5 nitrogen and oxygen atoms in total. The number of amides is 1. The van der Waals surface area contributed by atoms with Crippen LogP contribution >= 0.6 is 27.5 Å². The fourth-order valence-corrected chi connectivity index (χ4v) is 5.05. The molecule has 2 heterocycles. The van der Waals surface area contributed by atoms with Crippen molar-refractivity contribution in [3.8, 4) is 5.69 Å². The molecule has 0 spiro atoms. The largest absolute Gasteiger partial charge is 0.352 e. The second-order valence-electron chi connectivity index (χ2n) is 8.69. The Morgan fingerprint density at radius 1 is 1.00 bits per heavy atom. The van der Waals surface area contributed by atoms with Gasteiger partial charge in [0.15, 0.2) is 0 Å². The van der Waals surface area contributed by atoms with Gasteiger partial charge in [-0.2, -0.15) is 0 Å². The van der Waals surface area contributed by atoms with Crippen LogP contribution in [0.1, 0.15) is 24.2 Å². The van der Waals surface area contributed by atoms with Crippen LogP contribution < -0.4 is 5.32 Å². The van der Waals surface area contributed by atoms with Gasteiger partial charge in [0.2, 0.25) is 5.91 Å². The molecule has 0 bridgehead atoms. The van der Waals surface area contributed by atoms with E-state index in [0.29, 0.717) is 11.6 Å². The summed E-state index contributed by atoms with van der Waals surface area (Å²) in [7, 11) is 0. The molecule has 1 fully saturated rings. The molecule has 5 rings (SSSR count). The number of carbonyl (C=O) groups is 1. The van der Waals surface area contributed by atoms with Gasteiger partial charge < -0.3 is 5.32 Å². The SMILES string of the molecule is O=C(NCc1ccccc1Cl)C1CCN(Cc2nc3ccccc3n2-c2ccc(Br)cc2)CC1. The fourth-order valence-electron chi connectivity index (χ4n) is 4.58. The van der Waals surface area contributed by atoms with Crippen molar-refractivity contribution in [1.29, 1.82) is 0 Å². The highest BCUT2D eigenvalue weighted by Crippen LogP contribution is 2.26. The van der Waals surface area contributed by atoms with Gasteiger partial charge in [0.25, 0.3) is 0 Å². The Kier molecular flexibility index (Phi) is 6.99. The summed E-state index contributed by atoms with van der Waals surface area (Å²) in [5.74, 6) is 1.16. The first-order valence-corrected chi connectivity index (χ1v) is 12.7. The third-order valence-electron chi connectivity index (χ3n) is 6.45. The van der Waals surface area contributed by atoms with Crippen LogP contribution in [-0.4, -0.2) is 33.4 Å². The number of aromatic nitrogens is 2. The zero-order valence-corrected chi connectivity index (χ0v) is 21.1. The average molecular weight is 538 g/mol. The smallest absolute Gasteiger partial charge is 0.223 e. The molecule has 0 saturated carbocycles. The Hall–Kier alpha value is -2.67. The summed E-state index contributed by atoms with van der Waals surface area (Å²) < 4.78 is 3.29. The number of nitrogens with one attached hydrogen (secondary N) is 1. The van der Waals surface area contributed by atoms with Gasteiger partial charge in [-0.25, -0.2) is 4.98 Å². The van der Waals surface area contributed by atoms with Crippen LogP contribution in [0.2, 0.25) is 5.02 Å². The number of halogens is 2. The van der Waals surface area contributed by atoms with Crippen molar-refractivity contribution in [2.45, 2.75) is 25.9 Å². The van der Waals surface area contributed by atoms with Gasteiger partial charge in [0.05, 0.1) is 17.6 Å². The number of hydrogen-bond acceptors (Lipinski definition) is 3. The molecule has 1 aromatic heterocycles. The van der Waals surface area contributed by atoms with Gasteiger partial charge in [-0.15, -0.1) is 0 Å². The molecule has 1 N–H and O–H groups in total. The van der Waals surface area contributed by atoms with Crippen LogP contribution in [0, 0.1) is 5.92 Å². The van der Waals surface area contributed by atoms with E-state index >= 15 is 0 Å². The van der Waals surface area contributed by atoms with E-state index in [1.54, 1.807) is 0 Å². The molecule has 0 radical (unpaired) electrons. The van der Waals surface area contributed by atoms with Gasteiger partial charge in [-0.3, -0.25) is 14.3 Å². The summed E-state index contributed by atoms with van der Waals surface area (Å²) in [4.78, 5) is 20.1. The predicted molar refractivity (Wildman–Crippen MR) is 140 cm³/mol. The molecule has 0 atom stereocenters. The fraction of sp³-hybridized carbons (Fsp3) is 0.259. The maximum atomic E-state index is 12.7. The third kappa shape index (κ3) is 5.04. The summed E-state index contributed by atoms with van der Waals surface area (Å²) in [6.45, 7) is 2.95. The van der Waals surface area contributed by atoms with Crippen molar-refractivity contribution < 1.29 is 4.79 Å². The number of fused-ring (bicyclic) bond motifs is 1. The number of benzene rings is 3. The van der Waals surface area contributed by atoms with Gasteiger partial charge in [0.1, 0.15) is 5.82 Å². The summed E-state index contributed by atoms with van der Waals surface area (Å²) >= 11 is 9.74. The summed E-state index contributed by atoms with van der Waals surface area (Å²) in [6, 6.07) is 24.2. The van der Waals surface area contributed by atoms with Crippen LogP contribution in [0.15, 0.2) is 77.3 Å². The van der Waals surface area contributed by atoms with Gasteiger partial charge in [-0.1, -0.05) is 57.9 Å². The molecule has 1 aliphatic rings.